The molecule has 0 spiro atoms. The number of aromatic nitrogens is 3. The van der Waals surface area contributed by atoms with Gasteiger partial charge >= 0.3 is 0 Å². The molecule has 2 aromatic rings. The summed E-state index contributed by atoms with van der Waals surface area (Å²) in [5.74, 6) is 0.992. The Morgan fingerprint density at radius 1 is 1.19 bits per heavy atom. The van der Waals surface area contributed by atoms with E-state index in [1.165, 1.54) is 19.3 Å². The standard InChI is InChI=1S/C10H11BrN4S/c11-10-14-7-8(12-6-13-9(7)16-10)15-4-2-1-3-5-15/h6H,1-5H2. The van der Waals surface area contributed by atoms with Crippen molar-refractivity contribution in [3.63, 3.8) is 0 Å². The van der Waals surface area contributed by atoms with E-state index in [1.807, 2.05) is 0 Å². The molecule has 0 atom stereocenters. The van der Waals surface area contributed by atoms with E-state index in [0.29, 0.717) is 0 Å². The van der Waals surface area contributed by atoms with E-state index in [1.54, 1.807) is 17.7 Å². The Bertz CT molecular complexity index is 506. The van der Waals surface area contributed by atoms with Crippen LogP contribution in [0.5, 0.6) is 0 Å². The van der Waals surface area contributed by atoms with Crippen molar-refractivity contribution < 1.29 is 0 Å². The molecule has 0 bridgehead atoms. The Labute approximate surface area is 106 Å². The number of hydrogen-bond donors (Lipinski definition) is 0. The van der Waals surface area contributed by atoms with Crippen LogP contribution in [0.25, 0.3) is 10.3 Å². The SMILES string of the molecule is Brc1nc2c(N3CCCCC3)ncnc2s1. The topological polar surface area (TPSA) is 41.9 Å². The lowest BCUT2D eigenvalue weighted by Gasteiger charge is -2.27. The molecule has 84 valence electrons. The minimum Gasteiger partial charge on any atom is -0.355 e. The number of nitrogens with zero attached hydrogens (tertiary/aromatic N) is 4. The number of fused-ring (bicyclic) bond motifs is 1. The van der Waals surface area contributed by atoms with E-state index in [4.69, 9.17) is 0 Å². The zero-order valence-electron chi connectivity index (χ0n) is 8.69. The Kier molecular flexibility index (Phi) is 2.77. The summed E-state index contributed by atoms with van der Waals surface area (Å²) in [5.41, 5.74) is 0.932. The second-order valence-corrected chi connectivity index (χ2v) is 6.12. The first-order chi connectivity index (χ1) is 7.84. The highest BCUT2D eigenvalue weighted by atomic mass is 79.9. The van der Waals surface area contributed by atoms with Crippen LogP contribution in [0.2, 0.25) is 0 Å². The molecule has 0 N–H and O–H groups in total. The lowest BCUT2D eigenvalue weighted by atomic mass is 10.1. The quantitative estimate of drug-likeness (QED) is 0.812. The largest absolute Gasteiger partial charge is 0.355 e. The molecule has 2 aromatic heterocycles. The van der Waals surface area contributed by atoms with Crippen molar-refractivity contribution in [1.82, 2.24) is 15.0 Å². The van der Waals surface area contributed by atoms with Gasteiger partial charge in [0.25, 0.3) is 0 Å². The molecule has 1 aliphatic heterocycles. The zero-order valence-corrected chi connectivity index (χ0v) is 11.1. The molecule has 0 aliphatic carbocycles. The number of anilines is 1. The molecule has 0 aromatic carbocycles. The zero-order chi connectivity index (χ0) is 11.0. The van der Waals surface area contributed by atoms with E-state index in [0.717, 1.165) is 33.2 Å². The Balaban J connectivity index is 2.07. The number of rotatable bonds is 1. The van der Waals surface area contributed by atoms with E-state index in [-0.39, 0.29) is 0 Å². The summed E-state index contributed by atoms with van der Waals surface area (Å²) in [6.45, 7) is 2.17. The van der Waals surface area contributed by atoms with E-state index >= 15 is 0 Å². The summed E-state index contributed by atoms with van der Waals surface area (Å²) in [4.78, 5) is 16.4. The van der Waals surface area contributed by atoms with Crippen molar-refractivity contribution in [3.8, 4) is 0 Å². The minimum absolute atomic E-state index is 0.876. The molecule has 0 amide bonds. The second kappa shape index (κ2) is 4.25. The third-order valence-electron chi connectivity index (χ3n) is 2.81. The highest BCUT2D eigenvalue weighted by Crippen LogP contribution is 2.30. The maximum absolute atomic E-state index is 4.46. The van der Waals surface area contributed by atoms with Gasteiger partial charge in [0, 0.05) is 13.1 Å². The molecular weight excluding hydrogens is 288 g/mol. The molecule has 4 nitrogen and oxygen atoms in total. The lowest BCUT2D eigenvalue weighted by molar-refractivity contribution is 0.574. The third kappa shape index (κ3) is 1.80. The van der Waals surface area contributed by atoms with Gasteiger partial charge in [0.1, 0.15) is 16.7 Å². The molecule has 16 heavy (non-hydrogen) atoms. The van der Waals surface area contributed by atoms with Gasteiger partial charge < -0.3 is 4.90 Å². The van der Waals surface area contributed by atoms with Gasteiger partial charge in [0.05, 0.1) is 0 Å². The van der Waals surface area contributed by atoms with Gasteiger partial charge in [-0.15, -0.1) is 0 Å². The summed E-state index contributed by atoms with van der Waals surface area (Å²) in [6.07, 6.45) is 5.45. The molecule has 1 aliphatic rings. The third-order valence-corrected chi connectivity index (χ3v) is 4.22. The van der Waals surface area contributed by atoms with Gasteiger partial charge in [-0.3, -0.25) is 0 Å². The van der Waals surface area contributed by atoms with Crippen LogP contribution in [-0.2, 0) is 0 Å². The van der Waals surface area contributed by atoms with Crippen molar-refractivity contribution >= 4 is 43.4 Å². The predicted octanol–water partition coefficient (Wildman–Crippen LogP) is 2.84. The normalized spacial score (nSPS) is 16.9. The number of piperidine rings is 1. The number of halogens is 1. The Morgan fingerprint density at radius 2 is 2.00 bits per heavy atom. The summed E-state index contributed by atoms with van der Waals surface area (Å²) in [5, 5.41) is 0. The van der Waals surface area contributed by atoms with Crippen molar-refractivity contribution in [1.29, 1.82) is 0 Å². The van der Waals surface area contributed by atoms with Crippen LogP contribution in [0.3, 0.4) is 0 Å². The minimum atomic E-state index is 0.876. The fraction of sp³-hybridized carbons (Fsp3) is 0.500. The number of thiazole rings is 1. The van der Waals surface area contributed by atoms with E-state index < -0.39 is 0 Å². The maximum Gasteiger partial charge on any atom is 0.161 e. The molecule has 1 fully saturated rings. The number of hydrogen-bond acceptors (Lipinski definition) is 5. The van der Waals surface area contributed by atoms with Crippen molar-refractivity contribution in [2.75, 3.05) is 18.0 Å². The first-order valence-corrected chi connectivity index (χ1v) is 6.97. The first kappa shape index (κ1) is 10.4. The monoisotopic (exact) mass is 298 g/mol. The lowest BCUT2D eigenvalue weighted by Crippen LogP contribution is -2.30. The molecule has 0 saturated carbocycles. The smallest absolute Gasteiger partial charge is 0.161 e. The highest BCUT2D eigenvalue weighted by Gasteiger charge is 2.17. The van der Waals surface area contributed by atoms with Crippen LogP contribution in [0.1, 0.15) is 19.3 Å². The fourth-order valence-electron chi connectivity index (χ4n) is 2.05. The van der Waals surface area contributed by atoms with Crippen molar-refractivity contribution in [2.24, 2.45) is 0 Å². The Hall–Kier alpha value is -0.750. The van der Waals surface area contributed by atoms with Crippen LogP contribution < -0.4 is 4.90 Å². The predicted molar refractivity (Wildman–Crippen MR) is 69.0 cm³/mol. The maximum atomic E-state index is 4.46. The molecule has 6 heteroatoms. The van der Waals surface area contributed by atoms with Crippen LogP contribution in [0.15, 0.2) is 10.2 Å². The first-order valence-electron chi connectivity index (χ1n) is 5.36. The highest BCUT2D eigenvalue weighted by molar-refractivity contribution is 9.11. The van der Waals surface area contributed by atoms with Crippen LogP contribution >= 0.6 is 27.3 Å². The molecular formula is C10H11BrN4S. The average molecular weight is 299 g/mol. The molecule has 1 saturated heterocycles. The van der Waals surface area contributed by atoms with Gasteiger partial charge in [-0.25, -0.2) is 15.0 Å². The van der Waals surface area contributed by atoms with Gasteiger partial charge in [0.15, 0.2) is 9.73 Å². The second-order valence-electron chi connectivity index (χ2n) is 3.87. The van der Waals surface area contributed by atoms with Gasteiger partial charge in [-0.1, -0.05) is 11.3 Å². The van der Waals surface area contributed by atoms with Crippen LogP contribution in [0.4, 0.5) is 5.82 Å². The van der Waals surface area contributed by atoms with Crippen LogP contribution in [0, 0.1) is 0 Å². The van der Waals surface area contributed by atoms with Crippen molar-refractivity contribution in [3.05, 3.63) is 10.2 Å². The van der Waals surface area contributed by atoms with Crippen molar-refractivity contribution in [2.45, 2.75) is 19.3 Å². The van der Waals surface area contributed by atoms with E-state index in [9.17, 15) is 0 Å². The summed E-state index contributed by atoms with van der Waals surface area (Å²) in [6, 6.07) is 0. The van der Waals surface area contributed by atoms with Crippen LogP contribution in [-0.4, -0.2) is 28.0 Å². The fourth-order valence-corrected chi connectivity index (χ4v) is 3.32. The summed E-state index contributed by atoms with van der Waals surface area (Å²) >= 11 is 4.96. The van der Waals surface area contributed by atoms with E-state index in [2.05, 4.69) is 35.8 Å². The summed E-state index contributed by atoms with van der Waals surface area (Å²) in [7, 11) is 0. The Morgan fingerprint density at radius 3 is 2.81 bits per heavy atom. The average Bonchev–Trinajstić information content (AvgIpc) is 2.70. The van der Waals surface area contributed by atoms with Gasteiger partial charge in [-0.05, 0) is 35.2 Å². The molecule has 0 unspecified atom stereocenters. The van der Waals surface area contributed by atoms with Gasteiger partial charge in [-0.2, -0.15) is 0 Å². The summed E-state index contributed by atoms with van der Waals surface area (Å²) < 4.78 is 0.876. The molecule has 0 radical (unpaired) electrons. The molecule has 3 rings (SSSR count). The van der Waals surface area contributed by atoms with Gasteiger partial charge in [0.2, 0.25) is 0 Å². The molecule has 3 heterocycles.